The van der Waals surface area contributed by atoms with Crippen LogP contribution in [0.2, 0.25) is 5.02 Å². The number of rotatable bonds is 6. The van der Waals surface area contributed by atoms with Crippen LogP contribution >= 0.6 is 11.6 Å². The number of nitrogens with zero attached hydrogens (tertiary/aromatic N) is 2. The van der Waals surface area contributed by atoms with Crippen LogP contribution in [0.25, 0.3) is 0 Å². The Morgan fingerprint density at radius 1 is 1.00 bits per heavy atom. The topological polar surface area (TPSA) is 107 Å². The second-order valence-electron chi connectivity index (χ2n) is 7.69. The van der Waals surface area contributed by atoms with Gasteiger partial charge in [-0.3, -0.25) is 0 Å². The highest BCUT2D eigenvalue weighted by Gasteiger charge is 2.36. The van der Waals surface area contributed by atoms with Crippen LogP contribution in [0.3, 0.4) is 0 Å². The van der Waals surface area contributed by atoms with Gasteiger partial charge in [0, 0.05) is 23.0 Å². The average molecular weight is 469 g/mol. The molecule has 0 radical (unpaired) electrons. The van der Waals surface area contributed by atoms with E-state index in [0.29, 0.717) is 17.0 Å². The first-order valence-corrected chi connectivity index (χ1v) is 10.5. The Balaban J connectivity index is 1.94. The van der Waals surface area contributed by atoms with Gasteiger partial charge in [-0.15, -0.1) is 9.81 Å². The Morgan fingerprint density at radius 3 is 2.27 bits per heavy atom. The predicted molar refractivity (Wildman–Crippen MR) is 125 cm³/mol. The number of hydrogen-bond donors (Lipinski definition) is 1. The maximum absolute atomic E-state index is 11.4. The van der Waals surface area contributed by atoms with Crippen molar-refractivity contribution in [1.82, 2.24) is 0 Å². The summed E-state index contributed by atoms with van der Waals surface area (Å²) in [5.74, 6) is 0.633. The molecule has 0 saturated heterocycles. The Bertz CT molecular complexity index is 1220. The van der Waals surface area contributed by atoms with E-state index in [9.17, 15) is 14.9 Å². The van der Waals surface area contributed by atoms with Crippen molar-refractivity contribution >= 4 is 23.0 Å². The van der Waals surface area contributed by atoms with Crippen LogP contribution in [0, 0.1) is 16.7 Å². The first kappa shape index (κ1) is 22.5. The Morgan fingerprint density at radius 2 is 1.70 bits per heavy atom. The second-order valence-corrected chi connectivity index (χ2v) is 8.10. The fourth-order valence-corrected chi connectivity index (χ4v) is 4.55. The van der Waals surface area contributed by atoms with E-state index in [-0.39, 0.29) is 46.4 Å². The summed E-state index contributed by atoms with van der Waals surface area (Å²) in [5, 5.41) is 16.3. The zero-order chi connectivity index (χ0) is 23.7. The summed E-state index contributed by atoms with van der Waals surface area (Å²) < 4.78 is 16.9. The molecule has 2 unspecified atom stereocenters. The number of methoxy groups -OCH3 is 2. The van der Waals surface area contributed by atoms with Gasteiger partial charge in [0.25, 0.3) is 0 Å². The molecule has 1 aliphatic heterocycles. The molecule has 170 valence electrons. The SMILES string of the molecule is COc1cc(C2COc3c(ccc(N=O)c3C)C2c2ccc(O)c(Cl)c2)cc(OC)c1N=O. The van der Waals surface area contributed by atoms with Crippen molar-refractivity contribution in [3.05, 3.63) is 79.6 Å². The quantitative estimate of drug-likeness (QED) is 0.415. The van der Waals surface area contributed by atoms with E-state index in [0.717, 1.165) is 16.7 Å². The second kappa shape index (κ2) is 9.07. The first-order valence-electron chi connectivity index (χ1n) is 10.1. The molecule has 33 heavy (non-hydrogen) atoms. The minimum absolute atomic E-state index is 0.0225. The third kappa shape index (κ3) is 3.87. The van der Waals surface area contributed by atoms with E-state index in [4.69, 9.17) is 25.8 Å². The molecule has 2 atom stereocenters. The van der Waals surface area contributed by atoms with Gasteiger partial charge >= 0.3 is 0 Å². The summed E-state index contributed by atoms with van der Waals surface area (Å²) in [6.45, 7) is 2.05. The largest absolute Gasteiger partial charge is 0.506 e. The van der Waals surface area contributed by atoms with Gasteiger partial charge in [0.1, 0.15) is 17.2 Å². The third-order valence-corrected chi connectivity index (χ3v) is 6.31. The Hall–Kier alpha value is -3.65. The van der Waals surface area contributed by atoms with Crippen molar-refractivity contribution in [3.8, 4) is 23.0 Å². The molecule has 1 N–H and O–H groups in total. The van der Waals surface area contributed by atoms with Crippen molar-refractivity contribution in [1.29, 1.82) is 0 Å². The van der Waals surface area contributed by atoms with Crippen LogP contribution in [0.4, 0.5) is 11.4 Å². The molecule has 3 aromatic carbocycles. The van der Waals surface area contributed by atoms with E-state index >= 15 is 0 Å². The molecular formula is C24H21ClN2O6. The van der Waals surface area contributed by atoms with Gasteiger partial charge in [-0.05, 0) is 58.7 Å². The van der Waals surface area contributed by atoms with E-state index in [2.05, 4.69) is 10.4 Å². The van der Waals surface area contributed by atoms with Crippen LogP contribution in [-0.2, 0) is 0 Å². The highest BCUT2D eigenvalue weighted by atomic mass is 35.5. The maximum atomic E-state index is 11.4. The predicted octanol–water partition coefficient (Wildman–Crippen LogP) is 6.48. The van der Waals surface area contributed by atoms with Gasteiger partial charge in [-0.1, -0.05) is 23.7 Å². The Kier molecular flexibility index (Phi) is 6.20. The van der Waals surface area contributed by atoms with Gasteiger partial charge in [0.15, 0.2) is 17.2 Å². The maximum Gasteiger partial charge on any atom is 0.191 e. The smallest absolute Gasteiger partial charge is 0.191 e. The summed E-state index contributed by atoms with van der Waals surface area (Å²) in [4.78, 5) is 22.6. The van der Waals surface area contributed by atoms with E-state index in [1.807, 2.05) is 6.07 Å². The highest BCUT2D eigenvalue weighted by molar-refractivity contribution is 6.32. The number of nitroso groups, excluding NO2 is 2. The van der Waals surface area contributed by atoms with Gasteiger partial charge < -0.3 is 19.3 Å². The summed E-state index contributed by atoms with van der Waals surface area (Å²) in [7, 11) is 2.91. The lowest BCUT2D eigenvalue weighted by atomic mass is 9.75. The number of hydrogen-bond acceptors (Lipinski definition) is 8. The van der Waals surface area contributed by atoms with Crippen LogP contribution < -0.4 is 14.2 Å². The lowest BCUT2D eigenvalue weighted by molar-refractivity contribution is 0.247. The van der Waals surface area contributed by atoms with E-state index in [1.54, 1.807) is 43.3 Å². The normalized spacial score (nSPS) is 17.0. The van der Waals surface area contributed by atoms with Gasteiger partial charge in [-0.25, -0.2) is 0 Å². The number of ether oxygens (including phenoxy) is 3. The lowest BCUT2D eigenvalue weighted by Gasteiger charge is -2.35. The number of phenolic OH excluding ortho intramolecular Hbond substituents is 1. The van der Waals surface area contributed by atoms with Crippen LogP contribution in [0.5, 0.6) is 23.0 Å². The fraction of sp³-hybridized carbons (Fsp3) is 0.250. The Labute approximate surface area is 195 Å². The van der Waals surface area contributed by atoms with Gasteiger partial charge in [0.2, 0.25) is 0 Å². The molecular weight excluding hydrogens is 448 g/mol. The molecule has 1 heterocycles. The zero-order valence-electron chi connectivity index (χ0n) is 18.2. The number of benzene rings is 3. The van der Waals surface area contributed by atoms with E-state index < -0.39 is 0 Å². The van der Waals surface area contributed by atoms with Crippen molar-refractivity contribution in [2.75, 3.05) is 20.8 Å². The molecule has 0 fully saturated rings. The van der Waals surface area contributed by atoms with Crippen LogP contribution in [0.1, 0.15) is 34.1 Å². The van der Waals surface area contributed by atoms with E-state index in [1.165, 1.54) is 14.2 Å². The zero-order valence-corrected chi connectivity index (χ0v) is 18.9. The molecule has 3 aromatic rings. The van der Waals surface area contributed by atoms with Crippen molar-refractivity contribution < 1.29 is 19.3 Å². The molecule has 9 heteroatoms. The van der Waals surface area contributed by atoms with Crippen molar-refractivity contribution in [3.63, 3.8) is 0 Å². The molecule has 0 spiro atoms. The summed E-state index contributed by atoms with van der Waals surface area (Å²) in [6.07, 6.45) is 0. The monoisotopic (exact) mass is 468 g/mol. The minimum atomic E-state index is -0.254. The first-order chi connectivity index (χ1) is 15.9. The molecule has 0 aromatic heterocycles. The van der Waals surface area contributed by atoms with Gasteiger partial charge in [0.05, 0.1) is 25.8 Å². The molecule has 0 amide bonds. The average Bonchev–Trinajstić information content (AvgIpc) is 2.84. The molecule has 1 aliphatic rings. The molecule has 0 aliphatic carbocycles. The standard InChI is InChI=1S/C24H21ClN2O6/c1-12-18(26-29)6-5-15-22(13-4-7-19(28)17(25)8-13)16(11-33-24(12)15)14-9-20(31-2)23(27-30)21(10-14)32-3/h4-10,16,22,28H,11H2,1-3H3. The molecule has 8 nitrogen and oxygen atoms in total. The number of halogens is 1. The van der Waals surface area contributed by atoms with Crippen LogP contribution in [-0.4, -0.2) is 25.9 Å². The third-order valence-electron chi connectivity index (χ3n) is 6.00. The summed E-state index contributed by atoms with van der Waals surface area (Å²) in [6, 6.07) is 12.0. The highest BCUT2D eigenvalue weighted by Crippen LogP contribution is 2.51. The molecule has 0 bridgehead atoms. The van der Waals surface area contributed by atoms with Crippen molar-refractivity contribution in [2.24, 2.45) is 10.4 Å². The van der Waals surface area contributed by atoms with Crippen molar-refractivity contribution in [2.45, 2.75) is 18.8 Å². The number of fused-ring (bicyclic) bond motifs is 1. The fourth-order valence-electron chi connectivity index (χ4n) is 4.36. The van der Waals surface area contributed by atoms with Crippen LogP contribution in [0.15, 0.2) is 52.8 Å². The minimum Gasteiger partial charge on any atom is -0.506 e. The van der Waals surface area contributed by atoms with Gasteiger partial charge in [-0.2, -0.15) is 0 Å². The number of aromatic hydroxyl groups is 1. The summed E-state index contributed by atoms with van der Waals surface area (Å²) in [5.41, 5.74) is 3.50. The lowest BCUT2D eigenvalue weighted by Crippen LogP contribution is -2.26. The molecule has 4 rings (SSSR count). The summed E-state index contributed by atoms with van der Waals surface area (Å²) >= 11 is 6.24. The molecule has 0 saturated carbocycles. The number of phenols is 1.